The lowest BCUT2D eigenvalue weighted by Crippen LogP contribution is -2.39. The Morgan fingerprint density at radius 3 is 2.26 bits per heavy atom. The lowest BCUT2D eigenvalue weighted by Gasteiger charge is -2.24. The molecule has 3 rings (SSSR count). The fourth-order valence-corrected chi connectivity index (χ4v) is 3.98. The normalized spacial score (nSPS) is 11.6. The van der Waals surface area contributed by atoms with Gasteiger partial charge in [0.25, 0.3) is 11.8 Å². The summed E-state index contributed by atoms with van der Waals surface area (Å²) in [4.78, 5) is 28.4. The molecule has 0 saturated carbocycles. The van der Waals surface area contributed by atoms with E-state index < -0.39 is 11.7 Å². The summed E-state index contributed by atoms with van der Waals surface area (Å²) in [6.45, 7) is 8.22. The number of carbonyl (C=O) groups is 2. The van der Waals surface area contributed by atoms with Crippen LogP contribution in [-0.2, 0) is 11.3 Å². The Bertz CT molecular complexity index is 1160. The lowest BCUT2D eigenvalue weighted by atomic mass is 10.1. The predicted octanol–water partition coefficient (Wildman–Crippen LogP) is 6.00. The minimum atomic E-state index is -0.636. The zero-order chi connectivity index (χ0) is 24.5. The number of rotatable bonds is 11. The molecule has 0 radical (unpaired) electrons. The van der Waals surface area contributed by atoms with Gasteiger partial charge in [0, 0.05) is 42.3 Å². The summed E-state index contributed by atoms with van der Waals surface area (Å²) in [6, 6.07) is 13.8. The molecular formula is C28H34FN3O2. The van der Waals surface area contributed by atoms with Crippen molar-refractivity contribution in [2.24, 2.45) is 0 Å². The highest BCUT2D eigenvalue weighted by atomic mass is 19.1. The highest BCUT2D eigenvalue weighted by Crippen LogP contribution is 2.24. The van der Waals surface area contributed by atoms with Gasteiger partial charge >= 0.3 is 0 Å². The maximum atomic E-state index is 14.3. The van der Waals surface area contributed by atoms with Gasteiger partial charge in [-0.1, -0.05) is 57.0 Å². The van der Waals surface area contributed by atoms with Gasteiger partial charge in [0.05, 0.1) is 5.56 Å². The number of nitrogens with zero attached hydrogens (tertiary/aromatic N) is 2. The maximum Gasteiger partial charge on any atom is 0.270 e. The summed E-state index contributed by atoms with van der Waals surface area (Å²) >= 11 is 0. The van der Waals surface area contributed by atoms with Crippen LogP contribution >= 0.6 is 0 Å². The Hall–Kier alpha value is -3.41. The van der Waals surface area contributed by atoms with Crippen molar-refractivity contribution in [2.75, 3.05) is 13.1 Å². The molecule has 0 aliphatic heterocycles. The van der Waals surface area contributed by atoms with E-state index in [1.165, 1.54) is 18.2 Å². The molecule has 180 valence electrons. The first-order chi connectivity index (χ1) is 16.5. The zero-order valence-electron chi connectivity index (χ0n) is 20.3. The molecule has 1 aromatic heterocycles. The number of hydrogen-bond acceptors (Lipinski definition) is 2. The first-order valence-electron chi connectivity index (χ1n) is 12.1. The van der Waals surface area contributed by atoms with Crippen LogP contribution in [0.25, 0.3) is 17.0 Å². The van der Waals surface area contributed by atoms with Gasteiger partial charge in [-0.05, 0) is 44.0 Å². The largest absolute Gasteiger partial charge is 0.347 e. The highest BCUT2D eigenvalue weighted by molar-refractivity contribution is 6.06. The number of nitrogens with one attached hydrogen (secondary N) is 1. The molecule has 6 heteroatoms. The van der Waals surface area contributed by atoms with E-state index in [1.807, 2.05) is 30.5 Å². The van der Waals surface area contributed by atoms with Crippen molar-refractivity contribution in [1.82, 2.24) is 14.8 Å². The number of unbranched alkanes of at least 4 members (excludes halogenated alkanes) is 2. The number of aromatic nitrogens is 1. The molecule has 2 aromatic carbocycles. The molecule has 0 aliphatic rings. The van der Waals surface area contributed by atoms with Crippen molar-refractivity contribution in [3.63, 3.8) is 0 Å². The van der Waals surface area contributed by atoms with Crippen molar-refractivity contribution in [3.8, 4) is 0 Å². The van der Waals surface area contributed by atoms with Gasteiger partial charge in [0.2, 0.25) is 0 Å². The Kier molecular flexibility index (Phi) is 9.02. The van der Waals surface area contributed by atoms with E-state index in [0.29, 0.717) is 13.1 Å². The summed E-state index contributed by atoms with van der Waals surface area (Å²) in [5, 5.41) is 3.72. The Balaban J connectivity index is 2.05. The summed E-state index contributed by atoms with van der Waals surface area (Å²) in [5.74, 6) is -1.51. The van der Waals surface area contributed by atoms with Crippen LogP contribution in [0.2, 0.25) is 0 Å². The van der Waals surface area contributed by atoms with Crippen molar-refractivity contribution in [2.45, 2.75) is 53.0 Å². The Morgan fingerprint density at radius 2 is 1.62 bits per heavy atom. The minimum absolute atomic E-state index is 0.0918. The van der Waals surface area contributed by atoms with Crippen LogP contribution in [-0.4, -0.2) is 34.4 Å². The number of fused-ring (bicyclic) bond motifs is 1. The van der Waals surface area contributed by atoms with Gasteiger partial charge in [0.15, 0.2) is 0 Å². The molecule has 0 fully saturated rings. The molecule has 3 aromatic rings. The summed E-state index contributed by atoms with van der Waals surface area (Å²) in [5.41, 5.74) is 1.95. The van der Waals surface area contributed by atoms with E-state index in [0.717, 1.165) is 48.7 Å². The average Bonchev–Trinajstić information content (AvgIpc) is 3.21. The second-order valence-corrected chi connectivity index (χ2v) is 8.38. The van der Waals surface area contributed by atoms with Crippen molar-refractivity contribution < 1.29 is 14.0 Å². The third-order valence-electron chi connectivity index (χ3n) is 5.91. The smallest absolute Gasteiger partial charge is 0.270 e. The van der Waals surface area contributed by atoms with Crippen molar-refractivity contribution in [3.05, 3.63) is 77.4 Å². The van der Waals surface area contributed by atoms with E-state index in [2.05, 4.69) is 30.7 Å². The third-order valence-corrected chi connectivity index (χ3v) is 5.91. The minimum Gasteiger partial charge on any atom is -0.347 e. The zero-order valence-corrected chi connectivity index (χ0v) is 20.3. The van der Waals surface area contributed by atoms with Crippen LogP contribution in [0.15, 0.2) is 60.4 Å². The number of aryl methyl sites for hydroxylation is 1. The van der Waals surface area contributed by atoms with Crippen molar-refractivity contribution in [1.29, 1.82) is 0 Å². The third kappa shape index (κ3) is 5.93. The number of halogens is 1. The van der Waals surface area contributed by atoms with E-state index in [9.17, 15) is 14.0 Å². The molecule has 0 bridgehead atoms. The lowest BCUT2D eigenvalue weighted by molar-refractivity contribution is -0.127. The average molecular weight is 464 g/mol. The second-order valence-electron chi connectivity index (χ2n) is 8.38. The molecule has 0 unspecified atom stereocenters. The van der Waals surface area contributed by atoms with E-state index >= 15 is 0 Å². The number of benzene rings is 2. The highest BCUT2D eigenvalue weighted by Gasteiger charge is 2.22. The molecule has 0 atom stereocenters. The molecule has 0 spiro atoms. The van der Waals surface area contributed by atoms with Gasteiger partial charge in [-0.2, -0.15) is 0 Å². The quantitative estimate of drug-likeness (QED) is 0.355. The van der Waals surface area contributed by atoms with Crippen LogP contribution in [0, 0.1) is 5.82 Å². The van der Waals surface area contributed by atoms with Crippen LogP contribution in [0.3, 0.4) is 0 Å². The van der Waals surface area contributed by atoms with Crippen LogP contribution in [0.5, 0.6) is 0 Å². The van der Waals surface area contributed by atoms with E-state index in [1.54, 1.807) is 17.0 Å². The predicted molar refractivity (Wildman–Crippen MR) is 136 cm³/mol. The first kappa shape index (κ1) is 25.2. The van der Waals surface area contributed by atoms with Crippen molar-refractivity contribution >= 4 is 28.8 Å². The summed E-state index contributed by atoms with van der Waals surface area (Å²) in [6.07, 6.45) is 7.37. The Labute approximate surface area is 201 Å². The van der Waals surface area contributed by atoms with E-state index in [-0.39, 0.29) is 17.2 Å². The van der Waals surface area contributed by atoms with Crippen LogP contribution < -0.4 is 5.32 Å². The van der Waals surface area contributed by atoms with E-state index in [4.69, 9.17) is 0 Å². The molecule has 1 heterocycles. The Morgan fingerprint density at radius 1 is 0.971 bits per heavy atom. The van der Waals surface area contributed by atoms with Crippen LogP contribution in [0.4, 0.5) is 4.39 Å². The van der Waals surface area contributed by atoms with Crippen LogP contribution in [0.1, 0.15) is 62.4 Å². The molecular weight excluding hydrogens is 429 g/mol. The summed E-state index contributed by atoms with van der Waals surface area (Å²) in [7, 11) is 0. The van der Waals surface area contributed by atoms with Gasteiger partial charge < -0.3 is 14.8 Å². The van der Waals surface area contributed by atoms with Gasteiger partial charge in [-0.3, -0.25) is 9.59 Å². The second kappa shape index (κ2) is 12.2. The van der Waals surface area contributed by atoms with Gasteiger partial charge in [-0.15, -0.1) is 0 Å². The van der Waals surface area contributed by atoms with Gasteiger partial charge in [-0.25, -0.2) is 4.39 Å². The SMILES string of the molecule is CCCCN(CCCC)C(=O)/C(=C/c1cn(CC)c2ccccc12)NC(=O)c1ccccc1F. The molecule has 5 nitrogen and oxygen atoms in total. The molecule has 1 N–H and O–H groups in total. The first-order valence-corrected chi connectivity index (χ1v) is 12.1. The fourth-order valence-electron chi connectivity index (χ4n) is 3.98. The molecule has 2 amide bonds. The number of amides is 2. The maximum absolute atomic E-state index is 14.3. The topological polar surface area (TPSA) is 54.3 Å². The molecule has 34 heavy (non-hydrogen) atoms. The number of hydrogen-bond donors (Lipinski definition) is 1. The molecule has 0 saturated heterocycles. The number of para-hydroxylation sites is 1. The number of carbonyl (C=O) groups excluding carboxylic acids is 2. The molecule has 0 aliphatic carbocycles. The summed E-state index contributed by atoms with van der Waals surface area (Å²) < 4.78 is 16.4. The monoisotopic (exact) mass is 463 g/mol. The fraction of sp³-hybridized carbons (Fsp3) is 0.357. The standard InChI is InChI=1S/C28H34FN3O2/c1-4-7-17-32(18-8-5-2)28(34)25(30-27(33)23-14-9-11-15-24(23)29)19-21-20-31(6-3)26-16-12-10-13-22(21)26/h9-16,19-20H,4-8,17-18H2,1-3H3,(H,30,33)/b25-19-. The van der Waals surface area contributed by atoms with Gasteiger partial charge in [0.1, 0.15) is 11.5 Å².